The van der Waals surface area contributed by atoms with E-state index in [1.807, 2.05) is 0 Å². The van der Waals surface area contributed by atoms with Gasteiger partial charge >= 0.3 is 0 Å². The second-order valence-corrected chi connectivity index (χ2v) is 4.05. The fourth-order valence-electron chi connectivity index (χ4n) is 1.61. The highest BCUT2D eigenvalue weighted by molar-refractivity contribution is 6.05. The first-order chi connectivity index (χ1) is 10.1. The molecule has 21 heavy (non-hydrogen) atoms. The largest absolute Gasteiger partial charge is 0.507 e. The number of halogens is 1. The molecule has 0 atom stereocenters. The lowest BCUT2D eigenvalue weighted by molar-refractivity contribution is 0.102. The molecule has 1 aromatic heterocycles. The molecule has 106 valence electrons. The zero-order chi connectivity index (χ0) is 15.2. The lowest BCUT2D eigenvalue weighted by Crippen LogP contribution is -2.13. The van der Waals surface area contributed by atoms with Crippen LogP contribution >= 0.6 is 0 Å². The molecule has 0 radical (unpaired) electrons. The Hall–Kier alpha value is -2.91. The van der Waals surface area contributed by atoms with E-state index in [1.54, 1.807) is 12.1 Å². The van der Waals surface area contributed by atoms with E-state index >= 15 is 0 Å². The first-order valence-corrected chi connectivity index (χ1v) is 6.05. The number of nitrogens with two attached hydrogens (primary N) is 1. The maximum atomic E-state index is 12.9. The lowest BCUT2D eigenvalue weighted by atomic mass is 10.2. The molecule has 0 unspecified atom stereocenters. The van der Waals surface area contributed by atoms with Gasteiger partial charge in [0.15, 0.2) is 0 Å². The molecule has 0 fully saturated rings. The number of aromatic nitrogens is 1. The minimum absolute atomic E-state index is 0.0448. The van der Waals surface area contributed by atoms with E-state index in [4.69, 9.17) is 5.73 Å². The SMILES string of the molecule is NCC#Cc1ccnc(NC(=O)c2ccc(F)cc2O)c1. The number of nitrogens with one attached hydrogen (secondary N) is 1. The van der Waals surface area contributed by atoms with Crippen LogP contribution in [0.3, 0.4) is 0 Å². The Bertz CT molecular complexity index is 735. The Labute approximate surface area is 120 Å². The molecular formula is C15H12FN3O2. The number of aromatic hydroxyl groups is 1. The molecule has 6 heteroatoms. The number of benzene rings is 1. The Morgan fingerprint density at radius 2 is 2.19 bits per heavy atom. The molecule has 0 saturated heterocycles. The maximum absolute atomic E-state index is 12.9. The van der Waals surface area contributed by atoms with Gasteiger partial charge in [-0.25, -0.2) is 9.37 Å². The Morgan fingerprint density at radius 1 is 1.38 bits per heavy atom. The molecule has 4 N–H and O–H groups in total. The van der Waals surface area contributed by atoms with Gasteiger partial charge in [0.25, 0.3) is 5.91 Å². The standard InChI is InChI=1S/C15H12FN3O2/c16-11-3-4-12(13(20)9-11)15(21)19-14-8-10(2-1-6-17)5-7-18-14/h3-5,7-9,20H,6,17H2,(H,18,19,21). The number of rotatable bonds is 2. The third kappa shape index (κ3) is 3.78. The summed E-state index contributed by atoms with van der Waals surface area (Å²) in [5.41, 5.74) is 5.89. The zero-order valence-electron chi connectivity index (χ0n) is 10.9. The van der Waals surface area contributed by atoms with Gasteiger partial charge in [-0.1, -0.05) is 11.8 Å². The molecule has 2 rings (SSSR count). The molecule has 1 amide bonds. The molecule has 0 aliphatic rings. The molecule has 2 aromatic rings. The first-order valence-electron chi connectivity index (χ1n) is 6.05. The average Bonchev–Trinajstić information content (AvgIpc) is 2.45. The summed E-state index contributed by atoms with van der Waals surface area (Å²) >= 11 is 0. The number of nitrogens with zero attached hydrogens (tertiary/aromatic N) is 1. The normalized spacial score (nSPS) is 9.62. The molecule has 5 nitrogen and oxygen atoms in total. The Kier molecular flexibility index (Phi) is 4.49. The second kappa shape index (κ2) is 6.50. The fourth-order valence-corrected chi connectivity index (χ4v) is 1.61. The van der Waals surface area contributed by atoms with Crippen LogP contribution in [0.1, 0.15) is 15.9 Å². The van der Waals surface area contributed by atoms with Crippen LogP contribution in [0.2, 0.25) is 0 Å². The van der Waals surface area contributed by atoms with Crippen LogP contribution in [0, 0.1) is 17.7 Å². The smallest absolute Gasteiger partial charge is 0.260 e. The van der Waals surface area contributed by atoms with E-state index in [-0.39, 0.29) is 17.9 Å². The molecule has 1 heterocycles. The van der Waals surface area contributed by atoms with Gasteiger partial charge in [0.05, 0.1) is 12.1 Å². The van der Waals surface area contributed by atoms with Crippen LogP contribution in [-0.4, -0.2) is 22.5 Å². The van der Waals surface area contributed by atoms with Crippen molar-refractivity contribution in [1.82, 2.24) is 4.98 Å². The van der Waals surface area contributed by atoms with Gasteiger partial charge < -0.3 is 16.2 Å². The summed E-state index contributed by atoms with van der Waals surface area (Å²) in [6, 6.07) is 6.39. The lowest BCUT2D eigenvalue weighted by Gasteiger charge is -2.06. The maximum Gasteiger partial charge on any atom is 0.260 e. The van der Waals surface area contributed by atoms with Crippen molar-refractivity contribution >= 4 is 11.7 Å². The van der Waals surface area contributed by atoms with Gasteiger partial charge in [-0.3, -0.25) is 4.79 Å². The predicted molar refractivity (Wildman–Crippen MR) is 76.2 cm³/mol. The van der Waals surface area contributed by atoms with E-state index in [2.05, 4.69) is 22.1 Å². The topological polar surface area (TPSA) is 88.2 Å². The number of carbonyl (C=O) groups excluding carboxylic acids is 1. The summed E-state index contributed by atoms with van der Waals surface area (Å²) in [4.78, 5) is 16.0. The third-order valence-corrected chi connectivity index (χ3v) is 2.54. The van der Waals surface area contributed by atoms with Gasteiger partial charge in [-0.15, -0.1) is 0 Å². The monoisotopic (exact) mass is 285 g/mol. The van der Waals surface area contributed by atoms with Crippen molar-refractivity contribution in [3.63, 3.8) is 0 Å². The van der Waals surface area contributed by atoms with Crippen molar-refractivity contribution in [2.45, 2.75) is 0 Å². The average molecular weight is 285 g/mol. The number of anilines is 1. The van der Waals surface area contributed by atoms with E-state index in [0.717, 1.165) is 12.1 Å². The quantitative estimate of drug-likeness (QED) is 0.729. The Morgan fingerprint density at radius 3 is 2.90 bits per heavy atom. The van der Waals surface area contributed by atoms with Crippen LogP contribution < -0.4 is 11.1 Å². The van der Waals surface area contributed by atoms with Crippen LogP contribution in [-0.2, 0) is 0 Å². The minimum atomic E-state index is -0.624. The third-order valence-electron chi connectivity index (χ3n) is 2.54. The minimum Gasteiger partial charge on any atom is -0.507 e. The van der Waals surface area contributed by atoms with Gasteiger partial charge in [0, 0.05) is 17.8 Å². The van der Waals surface area contributed by atoms with E-state index in [0.29, 0.717) is 5.56 Å². The molecule has 0 aliphatic heterocycles. The number of carbonyl (C=O) groups is 1. The summed E-state index contributed by atoms with van der Waals surface area (Å²) in [5.74, 6) is 4.11. The number of amides is 1. The summed E-state index contributed by atoms with van der Waals surface area (Å²) < 4.78 is 12.9. The van der Waals surface area contributed by atoms with Crippen molar-refractivity contribution in [2.24, 2.45) is 5.73 Å². The number of phenolic OH excluding ortho intramolecular Hbond substituents is 1. The van der Waals surface area contributed by atoms with Crippen molar-refractivity contribution in [3.05, 3.63) is 53.5 Å². The number of phenols is 1. The number of hydrogen-bond acceptors (Lipinski definition) is 4. The van der Waals surface area contributed by atoms with Crippen molar-refractivity contribution < 1.29 is 14.3 Å². The van der Waals surface area contributed by atoms with Crippen LogP contribution in [0.15, 0.2) is 36.5 Å². The van der Waals surface area contributed by atoms with Crippen LogP contribution in [0.4, 0.5) is 10.2 Å². The van der Waals surface area contributed by atoms with Gasteiger partial charge in [0.2, 0.25) is 0 Å². The van der Waals surface area contributed by atoms with Crippen molar-refractivity contribution in [3.8, 4) is 17.6 Å². The molecule has 0 aliphatic carbocycles. The van der Waals surface area contributed by atoms with Crippen LogP contribution in [0.5, 0.6) is 5.75 Å². The number of hydrogen-bond donors (Lipinski definition) is 3. The highest BCUT2D eigenvalue weighted by Crippen LogP contribution is 2.19. The van der Waals surface area contributed by atoms with Gasteiger partial charge in [0.1, 0.15) is 17.4 Å². The van der Waals surface area contributed by atoms with E-state index in [1.165, 1.54) is 12.3 Å². The molecule has 0 saturated carbocycles. The van der Waals surface area contributed by atoms with Gasteiger partial charge in [-0.05, 0) is 24.3 Å². The second-order valence-electron chi connectivity index (χ2n) is 4.05. The molecule has 0 bridgehead atoms. The fraction of sp³-hybridized carbons (Fsp3) is 0.0667. The molecule has 1 aromatic carbocycles. The summed E-state index contributed by atoms with van der Waals surface area (Å²) in [7, 11) is 0. The summed E-state index contributed by atoms with van der Waals surface area (Å²) in [6.45, 7) is 0.230. The van der Waals surface area contributed by atoms with Crippen LogP contribution in [0.25, 0.3) is 0 Å². The highest BCUT2D eigenvalue weighted by Gasteiger charge is 2.12. The zero-order valence-corrected chi connectivity index (χ0v) is 10.9. The summed E-state index contributed by atoms with van der Waals surface area (Å²) in [5, 5.41) is 12.1. The predicted octanol–water partition coefficient (Wildman–Crippen LogP) is 1.49. The Balaban J connectivity index is 2.19. The van der Waals surface area contributed by atoms with Crippen molar-refractivity contribution in [1.29, 1.82) is 0 Å². The first kappa shape index (κ1) is 14.5. The number of pyridine rings is 1. The van der Waals surface area contributed by atoms with Gasteiger partial charge in [-0.2, -0.15) is 0 Å². The highest BCUT2D eigenvalue weighted by atomic mass is 19.1. The molecular weight excluding hydrogens is 273 g/mol. The molecule has 0 spiro atoms. The summed E-state index contributed by atoms with van der Waals surface area (Å²) in [6.07, 6.45) is 1.49. The van der Waals surface area contributed by atoms with E-state index < -0.39 is 17.5 Å². The van der Waals surface area contributed by atoms with E-state index in [9.17, 15) is 14.3 Å². The van der Waals surface area contributed by atoms with Crippen molar-refractivity contribution in [2.75, 3.05) is 11.9 Å².